The summed E-state index contributed by atoms with van der Waals surface area (Å²) in [5.41, 5.74) is 0.889. The number of nitrogens with zero attached hydrogens (tertiary/aromatic N) is 2. The third-order valence-corrected chi connectivity index (χ3v) is 4.57. The first-order chi connectivity index (χ1) is 12.0. The van der Waals surface area contributed by atoms with Gasteiger partial charge >= 0.3 is 0 Å². The number of hydrogen-bond donors (Lipinski definition) is 1. The van der Waals surface area contributed by atoms with Crippen LogP contribution in [-0.4, -0.2) is 22.1 Å². The molecule has 25 heavy (non-hydrogen) atoms. The van der Waals surface area contributed by atoms with Gasteiger partial charge in [0.15, 0.2) is 11.6 Å². The maximum atomic E-state index is 14.0. The van der Waals surface area contributed by atoms with E-state index in [1.54, 1.807) is 25.1 Å². The molecule has 0 saturated heterocycles. The summed E-state index contributed by atoms with van der Waals surface area (Å²) in [5, 5.41) is 3.07. The molecule has 3 aromatic rings. The molecular formula is C17H13BrFN3O2S. The van der Waals surface area contributed by atoms with Gasteiger partial charge in [-0.25, -0.2) is 14.4 Å². The molecule has 0 bridgehead atoms. The number of amides is 1. The lowest BCUT2D eigenvalue weighted by Crippen LogP contribution is -2.17. The lowest BCUT2D eigenvalue weighted by Gasteiger charge is -2.12. The second-order valence-electron chi connectivity index (χ2n) is 5.07. The number of furan rings is 1. The molecule has 0 radical (unpaired) electrons. The Morgan fingerprint density at radius 2 is 2.12 bits per heavy atom. The average Bonchev–Trinajstić information content (AvgIpc) is 3.11. The van der Waals surface area contributed by atoms with Crippen LogP contribution in [0.25, 0.3) is 11.6 Å². The van der Waals surface area contributed by atoms with Crippen molar-refractivity contribution in [3.8, 4) is 11.6 Å². The van der Waals surface area contributed by atoms with Crippen molar-refractivity contribution in [3.05, 3.63) is 58.1 Å². The smallest absolute Gasteiger partial charge is 0.260 e. The van der Waals surface area contributed by atoms with Gasteiger partial charge in [0.25, 0.3) is 5.91 Å². The van der Waals surface area contributed by atoms with Crippen LogP contribution in [0.5, 0.6) is 0 Å². The lowest BCUT2D eigenvalue weighted by atomic mass is 10.2. The lowest BCUT2D eigenvalue weighted by molar-refractivity contribution is 0.102. The molecule has 5 nitrogen and oxygen atoms in total. The van der Waals surface area contributed by atoms with E-state index in [0.29, 0.717) is 32.3 Å². The van der Waals surface area contributed by atoms with Gasteiger partial charge < -0.3 is 9.73 Å². The first-order valence-electron chi connectivity index (χ1n) is 7.22. The summed E-state index contributed by atoms with van der Waals surface area (Å²) in [6.45, 7) is 1.71. The van der Waals surface area contributed by atoms with Crippen molar-refractivity contribution in [1.29, 1.82) is 0 Å². The molecule has 0 fully saturated rings. The number of carbonyl (C=O) groups excluding carboxylic acids is 1. The van der Waals surface area contributed by atoms with Gasteiger partial charge in [-0.3, -0.25) is 4.79 Å². The fourth-order valence-electron chi connectivity index (χ4n) is 2.25. The molecule has 1 N–H and O–H groups in total. The zero-order chi connectivity index (χ0) is 18.0. The second-order valence-corrected chi connectivity index (χ2v) is 6.78. The number of aryl methyl sites for hydroxylation is 1. The maximum Gasteiger partial charge on any atom is 0.260 e. The minimum Gasteiger partial charge on any atom is -0.461 e. The molecule has 2 aromatic heterocycles. The van der Waals surface area contributed by atoms with Gasteiger partial charge in [0.05, 0.1) is 23.2 Å². The van der Waals surface area contributed by atoms with Crippen molar-refractivity contribution in [2.24, 2.45) is 0 Å². The summed E-state index contributed by atoms with van der Waals surface area (Å²) < 4.78 is 19.9. The van der Waals surface area contributed by atoms with Crippen LogP contribution >= 0.6 is 27.7 Å². The molecule has 0 saturated carbocycles. The quantitative estimate of drug-likeness (QED) is 0.478. The third-order valence-electron chi connectivity index (χ3n) is 3.40. The molecule has 0 unspecified atom stereocenters. The van der Waals surface area contributed by atoms with Gasteiger partial charge in [-0.15, -0.1) is 11.8 Å². The van der Waals surface area contributed by atoms with Gasteiger partial charge in [0.1, 0.15) is 10.8 Å². The van der Waals surface area contributed by atoms with Crippen molar-refractivity contribution in [3.63, 3.8) is 0 Å². The number of thioether (sulfide) groups is 1. The molecule has 0 atom stereocenters. The highest BCUT2D eigenvalue weighted by Gasteiger charge is 2.20. The number of hydrogen-bond acceptors (Lipinski definition) is 5. The molecule has 2 heterocycles. The molecule has 0 aliphatic heterocycles. The first kappa shape index (κ1) is 17.6. The van der Waals surface area contributed by atoms with Crippen LogP contribution < -0.4 is 5.32 Å². The fourth-order valence-corrected chi connectivity index (χ4v) is 3.20. The summed E-state index contributed by atoms with van der Waals surface area (Å²) in [7, 11) is 0. The molecule has 1 aromatic carbocycles. The molecule has 0 aliphatic carbocycles. The fraction of sp³-hybridized carbons (Fsp3) is 0.118. The number of halogens is 2. The molecular weight excluding hydrogens is 409 g/mol. The van der Waals surface area contributed by atoms with E-state index >= 15 is 0 Å². The van der Waals surface area contributed by atoms with Crippen molar-refractivity contribution < 1.29 is 13.6 Å². The number of anilines is 1. The minimum atomic E-state index is -0.529. The van der Waals surface area contributed by atoms with Crippen molar-refractivity contribution in [2.75, 3.05) is 11.6 Å². The first-order valence-corrected chi connectivity index (χ1v) is 9.24. The van der Waals surface area contributed by atoms with Crippen LogP contribution in [0.15, 0.2) is 50.5 Å². The standard InChI is InChI=1S/C17H13BrFN3O2S/c1-9-14(16(23)21-12-6-5-10(18)8-11(12)19)17(25-2)22-15(20-9)13-4-3-7-24-13/h3-8H,1-2H3,(H,21,23). The monoisotopic (exact) mass is 421 g/mol. The third kappa shape index (κ3) is 3.74. The molecule has 3 rings (SSSR count). The van der Waals surface area contributed by atoms with Gasteiger partial charge in [0.2, 0.25) is 0 Å². The Kier molecular flexibility index (Phi) is 5.19. The highest BCUT2D eigenvalue weighted by molar-refractivity contribution is 9.10. The van der Waals surface area contributed by atoms with Crippen LogP contribution in [0.3, 0.4) is 0 Å². The summed E-state index contributed by atoms with van der Waals surface area (Å²) in [4.78, 5) is 21.4. The Balaban J connectivity index is 1.97. The number of aromatic nitrogens is 2. The van der Waals surface area contributed by atoms with Crippen LogP contribution in [-0.2, 0) is 0 Å². The van der Waals surface area contributed by atoms with Crippen LogP contribution in [0.2, 0.25) is 0 Å². The van der Waals surface area contributed by atoms with E-state index in [2.05, 4.69) is 31.2 Å². The van der Waals surface area contributed by atoms with Gasteiger partial charge in [-0.2, -0.15) is 0 Å². The average molecular weight is 422 g/mol. The Morgan fingerprint density at radius 3 is 2.76 bits per heavy atom. The number of nitrogens with one attached hydrogen (secondary N) is 1. The SMILES string of the molecule is CSc1nc(-c2ccco2)nc(C)c1C(=O)Nc1ccc(Br)cc1F. The Bertz CT molecular complexity index is 932. The second kappa shape index (κ2) is 7.37. The number of benzene rings is 1. The minimum absolute atomic E-state index is 0.0924. The maximum absolute atomic E-state index is 14.0. The largest absolute Gasteiger partial charge is 0.461 e. The zero-order valence-electron chi connectivity index (χ0n) is 13.3. The normalized spacial score (nSPS) is 10.7. The van der Waals surface area contributed by atoms with Gasteiger partial charge in [-0.1, -0.05) is 15.9 Å². The summed E-state index contributed by atoms with van der Waals surface area (Å²) >= 11 is 4.50. The van der Waals surface area contributed by atoms with Crippen molar-refractivity contribution >= 4 is 39.3 Å². The molecule has 0 aliphatic rings. The predicted octanol–water partition coefficient (Wildman–Crippen LogP) is 4.92. The molecule has 0 spiro atoms. The number of rotatable bonds is 4. The van der Waals surface area contributed by atoms with E-state index in [0.717, 1.165) is 0 Å². The van der Waals surface area contributed by atoms with Crippen LogP contribution in [0, 0.1) is 12.7 Å². The highest BCUT2D eigenvalue weighted by atomic mass is 79.9. The van der Waals surface area contributed by atoms with E-state index in [9.17, 15) is 9.18 Å². The van der Waals surface area contributed by atoms with Crippen molar-refractivity contribution in [2.45, 2.75) is 11.9 Å². The topological polar surface area (TPSA) is 68.0 Å². The molecule has 1 amide bonds. The predicted molar refractivity (Wildman–Crippen MR) is 98.3 cm³/mol. The van der Waals surface area contributed by atoms with E-state index in [4.69, 9.17) is 4.42 Å². The Morgan fingerprint density at radius 1 is 1.32 bits per heavy atom. The van der Waals surface area contributed by atoms with Gasteiger partial charge in [0, 0.05) is 4.47 Å². The van der Waals surface area contributed by atoms with Gasteiger partial charge in [-0.05, 0) is 43.5 Å². The van der Waals surface area contributed by atoms with E-state index in [1.807, 2.05) is 6.26 Å². The van der Waals surface area contributed by atoms with Crippen molar-refractivity contribution in [1.82, 2.24) is 9.97 Å². The molecule has 8 heteroatoms. The van der Waals surface area contributed by atoms with E-state index in [-0.39, 0.29) is 5.69 Å². The van der Waals surface area contributed by atoms with E-state index < -0.39 is 11.7 Å². The summed E-state index contributed by atoms with van der Waals surface area (Å²) in [6.07, 6.45) is 3.34. The Hall–Kier alpha value is -2.19. The van der Waals surface area contributed by atoms with Crippen LogP contribution in [0.1, 0.15) is 16.1 Å². The summed E-state index contributed by atoms with van der Waals surface area (Å²) in [6, 6.07) is 7.91. The summed E-state index contributed by atoms with van der Waals surface area (Å²) in [5.74, 6) is -0.0733. The Labute approximate surface area is 156 Å². The zero-order valence-corrected chi connectivity index (χ0v) is 15.7. The highest BCUT2D eigenvalue weighted by Crippen LogP contribution is 2.27. The molecule has 128 valence electrons. The number of carbonyl (C=O) groups is 1. The van der Waals surface area contributed by atoms with Crippen LogP contribution in [0.4, 0.5) is 10.1 Å². The van der Waals surface area contributed by atoms with E-state index in [1.165, 1.54) is 30.2 Å².